The first-order valence-corrected chi connectivity index (χ1v) is 2.25. The number of H-pyrrole nitrogens is 1. The Balaban J connectivity index is 3.27. The fraction of sp³-hybridized carbons (Fsp3) is 0. The SMILES string of the molecule is N#Cc1c(O)c[nH]c1O. The van der Waals surface area contributed by atoms with Crippen LogP contribution in [-0.2, 0) is 0 Å². The van der Waals surface area contributed by atoms with E-state index in [-0.39, 0.29) is 17.2 Å². The van der Waals surface area contributed by atoms with Crippen molar-refractivity contribution in [1.29, 1.82) is 5.26 Å². The minimum atomic E-state index is -0.296. The van der Waals surface area contributed by atoms with Crippen molar-refractivity contribution in [3.8, 4) is 17.7 Å². The fourth-order valence-corrected chi connectivity index (χ4v) is 0.513. The molecule has 0 spiro atoms. The Labute approximate surface area is 51.0 Å². The number of nitriles is 1. The van der Waals surface area contributed by atoms with E-state index in [0.29, 0.717) is 0 Å². The molecular weight excluding hydrogens is 120 g/mol. The van der Waals surface area contributed by atoms with Gasteiger partial charge in [0.15, 0.2) is 11.3 Å². The van der Waals surface area contributed by atoms with Crippen LogP contribution in [-0.4, -0.2) is 15.2 Å². The number of aromatic amines is 1. The first kappa shape index (κ1) is 5.51. The van der Waals surface area contributed by atoms with Crippen LogP contribution in [0.1, 0.15) is 5.56 Å². The van der Waals surface area contributed by atoms with Crippen LogP contribution >= 0.6 is 0 Å². The second-order valence-electron chi connectivity index (χ2n) is 1.51. The Kier molecular flexibility index (Phi) is 1.04. The summed E-state index contributed by atoms with van der Waals surface area (Å²) in [7, 11) is 0. The van der Waals surface area contributed by atoms with Gasteiger partial charge in [0.25, 0.3) is 0 Å². The molecule has 0 aromatic carbocycles. The lowest BCUT2D eigenvalue weighted by Gasteiger charge is -1.81. The monoisotopic (exact) mass is 124 g/mol. The van der Waals surface area contributed by atoms with Gasteiger partial charge in [-0.15, -0.1) is 0 Å². The van der Waals surface area contributed by atoms with E-state index in [2.05, 4.69) is 4.98 Å². The molecule has 0 atom stereocenters. The summed E-state index contributed by atoms with van der Waals surface area (Å²) in [4.78, 5) is 2.27. The number of aromatic hydroxyl groups is 2. The van der Waals surface area contributed by atoms with Crippen molar-refractivity contribution in [2.75, 3.05) is 0 Å². The summed E-state index contributed by atoms with van der Waals surface area (Å²) in [5, 5.41) is 25.6. The number of hydrogen-bond donors (Lipinski definition) is 3. The number of nitrogens with one attached hydrogen (secondary N) is 1. The highest BCUT2D eigenvalue weighted by atomic mass is 16.3. The molecule has 1 aromatic rings. The molecule has 0 unspecified atom stereocenters. The summed E-state index contributed by atoms with van der Waals surface area (Å²) >= 11 is 0. The van der Waals surface area contributed by atoms with Gasteiger partial charge in [-0.2, -0.15) is 5.26 Å². The van der Waals surface area contributed by atoms with Crippen molar-refractivity contribution in [2.45, 2.75) is 0 Å². The summed E-state index contributed by atoms with van der Waals surface area (Å²) in [5.41, 5.74) is -0.116. The van der Waals surface area contributed by atoms with E-state index in [1.807, 2.05) is 0 Å². The average molecular weight is 124 g/mol. The van der Waals surface area contributed by atoms with E-state index in [9.17, 15) is 0 Å². The molecule has 3 N–H and O–H groups in total. The summed E-state index contributed by atoms with van der Waals surface area (Å²) in [6.07, 6.45) is 1.15. The van der Waals surface area contributed by atoms with E-state index < -0.39 is 0 Å². The molecule has 0 aliphatic heterocycles. The van der Waals surface area contributed by atoms with Gasteiger partial charge in [-0.25, -0.2) is 0 Å². The first-order valence-electron chi connectivity index (χ1n) is 2.25. The second kappa shape index (κ2) is 1.71. The Morgan fingerprint density at radius 1 is 1.56 bits per heavy atom. The molecule has 1 rings (SSSR count). The van der Waals surface area contributed by atoms with Gasteiger partial charge in [0.1, 0.15) is 6.07 Å². The molecule has 0 bridgehead atoms. The predicted octanol–water partition coefficient (Wildman–Crippen LogP) is 0.298. The number of hydrogen-bond acceptors (Lipinski definition) is 3. The van der Waals surface area contributed by atoms with Gasteiger partial charge in [-0.1, -0.05) is 0 Å². The summed E-state index contributed by atoms with van der Waals surface area (Å²) in [6, 6.07) is 1.61. The van der Waals surface area contributed by atoms with Gasteiger partial charge in [-0.05, 0) is 0 Å². The maximum Gasteiger partial charge on any atom is 0.210 e. The van der Waals surface area contributed by atoms with Crippen molar-refractivity contribution in [2.24, 2.45) is 0 Å². The van der Waals surface area contributed by atoms with Crippen molar-refractivity contribution in [1.82, 2.24) is 4.98 Å². The van der Waals surface area contributed by atoms with E-state index in [0.717, 1.165) is 6.20 Å². The van der Waals surface area contributed by atoms with Gasteiger partial charge in [0, 0.05) is 6.20 Å². The van der Waals surface area contributed by atoms with Crippen LogP contribution in [0.4, 0.5) is 0 Å². The zero-order chi connectivity index (χ0) is 6.85. The van der Waals surface area contributed by atoms with Crippen LogP contribution in [0.5, 0.6) is 11.6 Å². The Hall–Kier alpha value is -1.63. The van der Waals surface area contributed by atoms with E-state index >= 15 is 0 Å². The summed E-state index contributed by atoms with van der Waals surface area (Å²) in [5.74, 6) is -0.523. The highest BCUT2D eigenvalue weighted by Gasteiger charge is 2.06. The third kappa shape index (κ3) is 0.681. The zero-order valence-electron chi connectivity index (χ0n) is 4.42. The predicted molar refractivity (Wildman–Crippen MR) is 28.8 cm³/mol. The third-order valence-corrected chi connectivity index (χ3v) is 0.950. The highest BCUT2D eigenvalue weighted by Crippen LogP contribution is 2.23. The maximum absolute atomic E-state index is 8.72. The minimum Gasteiger partial charge on any atom is -0.505 e. The number of aromatic nitrogens is 1. The molecule has 0 fully saturated rings. The van der Waals surface area contributed by atoms with E-state index in [1.165, 1.54) is 0 Å². The van der Waals surface area contributed by atoms with E-state index in [1.54, 1.807) is 6.07 Å². The molecular formula is C5H4N2O2. The average Bonchev–Trinajstić information content (AvgIpc) is 2.12. The van der Waals surface area contributed by atoms with Crippen LogP contribution in [0.25, 0.3) is 0 Å². The normalized spacial score (nSPS) is 8.78. The molecule has 1 heterocycles. The topological polar surface area (TPSA) is 80.0 Å². The highest BCUT2D eigenvalue weighted by molar-refractivity contribution is 5.48. The third-order valence-electron chi connectivity index (χ3n) is 0.950. The lowest BCUT2D eigenvalue weighted by Crippen LogP contribution is -1.67. The lowest BCUT2D eigenvalue weighted by atomic mass is 10.3. The lowest BCUT2D eigenvalue weighted by molar-refractivity contribution is 0.449. The van der Waals surface area contributed by atoms with Gasteiger partial charge >= 0.3 is 0 Å². The Morgan fingerprint density at radius 3 is 2.44 bits per heavy atom. The molecule has 4 heteroatoms. The van der Waals surface area contributed by atoms with E-state index in [4.69, 9.17) is 15.5 Å². The van der Waals surface area contributed by atoms with Crippen LogP contribution in [0.2, 0.25) is 0 Å². The molecule has 0 saturated carbocycles. The standard InChI is InChI=1S/C5H4N2O2/c6-1-3-4(8)2-7-5(3)9/h2,7-9H. The van der Waals surface area contributed by atoms with Crippen molar-refractivity contribution < 1.29 is 10.2 Å². The smallest absolute Gasteiger partial charge is 0.210 e. The molecule has 0 radical (unpaired) electrons. The molecule has 4 nitrogen and oxygen atoms in total. The molecule has 9 heavy (non-hydrogen) atoms. The Morgan fingerprint density at radius 2 is 2.22 bits per heavy atom. The summed E-state index contributed by atoms with van der Waals surface area (Å²) < 4.78 is 0. The fourth-order valence-electron chi connectivity index (χ4n) is 0.513. The largest absolute Gasteiger partial charge is 0.505 e. The van der Waals surface area contributed by atoms with Crippen molar-refractivity contribution >= 4 is 0 Å². The zero-order valence-corrected chi connectivity index (χ0v) is 4.42. The molecule has 1 aromatic heterocycles. The molecule has 0 amide bonds. The molecule has 46 valence electrons. The van der Waals surface area contributed by atoms with Gasteiger partial charge in [0.05, 0.1) is 0 Å². The quantitative estimate of drug-likeness (QED) is 0.465. The number of nitrogens with zero attached hydrogens (tertiary/aromatic N) is 1. The Bertz CT molecular complexity index is 239. The van der Waals surface area contributed by atoms with Crippen LogP contribution in [0.15, 0.2) is 6.20 Å². The van der Waals surface area contributed by atoms with Crippen molar-refractivity contribution in [3.05, 3.63) is 11.8 Å². The molecule has 0 aliphatic rings. The van der Waals surface area contributed by atoms with Gasteiger partial charge < -0.3 is 15.2 Å². The second-order valence-corrected chi connectivity index (χ2v) is 1.51. The molecule has 0 aliphatic carbocycles. The van der Waals surface area contributed by atoms with Crippen LogP contribution in [0.3, 0.4) is 0 Å². The first-order chi connectivity index (χ1) is 4.25. The number of rotatable bonds is 0. The van der Waals surface area contributed by atoms with Gasteiger partial charge in [0.2, 0.25) is 5.88 Å². The minimum absolute atomic E-state index is 0.116. The summed E-state index contributed by atoms with van der Waals surface area (Å²) in [6.45, 7) is 0. The van der Waals surface area contributed by atoms with Crippen LogP contribution in [0, 0.1) is 11.3 Å². The molecule has 0 saturated heterocycles. The maximum atomic E-state index is 8.72. The van der Waals surface area contributed by atoms with Gasteiger partial charge in [-0.3, -0.25) is 0 Å². The van der Waals surface area contributed by atoms with Crippen molar-refractivity contribution in [3.63, 3.8) is 0 Å². The van der Waals surface area contributed by atoms with Crippen LogP contribution < -0.4 is 0 Å².